The fourth-order valence-corrected chi connectivity index (χ4v) is 4.28. The van der Waals surface area contributed by atoms with E-state index < -0.39 is 4.92 Å². The number of anilines is 1. The SMILES string of the molecule is Cc1cccc([N+](=O)[O-])c1NC(=O)C[NH+]1CCC[C@@H]1c1ccc2c(c1)OCCCO2. The molecule has 30 heavy (non-hydrogen) atoms. The van der Waals surface area contributed by atoms with Crippen LogP contribution >= 0.6 is 0 Å². The largest absolute Gasteiger partial charge is 0.490 e. The lowest BCUT2D eigenvalue weighted by Crippen LogP contribution is -3.11. The zero-order valence-electron chi connectivity index (χ0n) is 17.0. The first-order valence-corrected chi connectivity index (χ1v) is 10.3. The molecule has 8 heteroatoms. The number of nitrogens with zero attached hydrogens (tertiary/aromatic N) is 1. The molecule has 0 aromatic heterocycles. The van der Waals surface area contributed by atoms with Gasteiger partial charge in [0.25, 0.3) is 11.6 Å². The summed E-state index contributed by atoms with van der Waals surface area (Å²) in [7, 11) is 0. The Balaban J connectivity index is 1.48. The Morgan fingerprint density at radius 2 is 2.00 bits per heavy atom. The van der Waals surface area contributed by atoms with Gasteiger partial charge in [0.2, 0.25) is 0 Å². The molecule has 2 aliphatic rings. The molecule has 2 heterocycles. The van der Waals surface area contributed by atoms with E-state index in [9.17, 15) is 14.9 Å². The summed E-state index contributed by atoms with van der Waals surface area (Å²) >= 11 is 0. The van der Waals surface area contributed by atoms with Gasteiger partial charge >= 0.3 is 0 Å². The Labute approximate surface area is 174 Å². The van der Waals surface area contributed by atoms with Crippen molar-refractivity contribution in [2.75, 3.05) is 31.6 Å². The van der Waals surface area contributed by atoms with Crippen LogP contribution in [0.25, 0.3) is 0 Å². The number of nitro benzene ring substituents is 1. The second-order valence-electron chi connectivity index (χ2n) is 7.81. The van der Waals surface area contributed by atoms with Crippen molar-refractivity contribution in [3.05, 3.63) is 57.6 Å². The van der Waals surface area contributed by atoms with Crippen molar-refractivity contribution in [2.45, 2.75) is 32.2 Å². The van der Waals surface area contributed by atoms with Gasteiger partial charge in [0.1, 0.15) is 11.7 Å². The molecular weight excluding hydrogens is 386 g/mol. The van der Waals surface area contributed by atoms with Crippen molar-refractivity contribution in [3.63, 3.8) is 0 Å². The van der Waals surface area contributed by atoms with Crippen LogP contribution in [0, 0.1) is 17.0 Å². The van der Waals surface area contributed by atoms with Crippen LogP contribution in [0.1, 0.15) is 36.4 Å². The second kappa shape index (κ2) is 8.71. The molecule has 158 valence electrons. The third-order valence-electron chi connectivity index (χ3n) is 5.76. The van der Waals surface area contributed by atoms with Crippen LogP contribution in [0.15, 0.2) is 36.4 Å². The minimum atomic E-state index is -0.466. The summed E-state index contributed by atoms with van der Waals surface area (Å²) in [5, 5.41) is 14.1. The third kappa shape index (κ3) is 4.23. The molecule has 0 bridgehead atoms. The van der Waals surface area contributed by atoms with Gasteiger partial charge in [-0.2, -0.15) is 0 Å². The van der Waals surface area contributed by atoms with Crippen LogP contribution in [0.3, 0.4) is 0 Å². The van der Waals surface area contributed by atoms with E-state index in [0.29, 0.717) is 18.8 Å². The number of fused-ring (bicyclic) bond motifs is 1. The highest BCUT2D eigenvalue weighted by Gasteiger charge is 2.33. The number of hydrogen-bond donors (Lipinski definition) is 2. The number of para-hydroxylation sites is 1. The number of carbonyl (C=O) groups excluding carboxylic acids is 1. The molecule has 0 spiro atoms. The minimum Gasteiger partial charge on any atom is -0.490 e. The van der Waals surface area contributed by atoms with Crippen LogP contribution in [-0.4, -0.2) is 37.1 Å². The number of likely N-dealkylation sites (tertiary alicyclic amines) is 1. The van der Waals surface area contributed by atoms with Crippen molar-refractivity contribution < 1.29 is 24.1 Å². The number of aryl methyl sites for hydroxylation is 1. The van der Waals surface area contributed by atoms with E-state index in [0.717, 1.165) is 47.8 Å². The highest BCUT2D eigenvalue weighted by Crippen LogP contribution is 2.33. The maximum Gasteiger partial charge on any atom is 0.293 e. The lowest BCUT2D eigenvalue weighted by Gasteiger charge is -2.22. The fourth-order valence-electron chi connectivity index (χ4n) is 4.28. The van der Waals surface area contributed by atoms with Crippen molar-refractivity contribution in [2.24, 2.45) is 0 Å². The number of nitro groups is 1. The average molecular weight is 412 g/mol. The number of benzene rings is 2. The first kappa shape index (κ1) is 20.2. The van der Waals surface area contributed by atoms with Crippen molar-refractivity contribution in [3.8, 4) is 11.5 Å². The quantitative estimate of drug-likeness (QED) is 0.581. The monoisotopic (exact) mass is 412 g/mol. The maximum atomic E-state index is 12.8. The van der Waals surface area contributed by atoms with E-state index in [1.54, 1.807) is 19.1 Å². The molecule has 8 nitrogen and oxygen atoms in total. The molecule has 2 N–H and O–H groups in total. The fraction of sp³-hybridized carbons (Fsp3) is 0.409. The molecule has 2 atom stereocenters. The van der Waals surface area contributed by atoms with E-state index in [4.69, 9.17) is 9.47 Å². The van der Waals surface area contributed by atoms with Gasteiger partial charge in [0, 0.05) is 30.9 Å². The van der Waals surface area contributed by atoms with Gasteiger partial charge in [-0.15, -0.1) is 0 Å². The molecule has 1 saturated heterocycles. The Hall–Kier alpha value is -3.13. The standard InChI is InChI=1S/C22H25N3O5/c1-15-5-2-6-18(25(27)28)22(15)23-21(26)14-24-10-3-7-17(24)16-8-9-19-20(13-16)30-12-4-11-29-19/h2,5-6,8-9,13,17H,3-4,7,10-12,14H2,1H3,(H,23,26)/p+1/t17-/m1/s1. The molecule has 2 aromatic carbocycles. The highest BCUT2D eigenvalue weighted by atomic mass is 16.6. The van der Waals surface area contributed by atoms with Crippen molar-refractivity contribution in [1.82, 2.24) is 0 Å². The van der Waals surface area contributed by atoms with Gasteiger partial charge in [-0.1, -0.05) is 12.1 Å². The number of hydrogen-bond acceptors (Lipinski definition) is 5. The Morgan fingerprint density at radius 3 is 2.80 bits per heavy atom. The van der Waals surface area contributed by atoms with Crippen LogP contribution in [0.2, 0.25) is 0 Å². The molecule has 2 aromatic rings. The zero-order chi connectivity index (χ0) is 21.1. The maximum absolute atomic E-state index is 12.8. The predicted octanol–water partition coefficient (Wildman–Crippen LogP) is 2.42. The Kier molecular flexibility index (Phi) is 5.85. The summed E-state index contributed by atoms with van der Waals surface area (Å²) in [6, 6.07) is 11.0. The van der Waals surface area contributed by atoms with Crippen LogP contribution in [-0.2, 0) is 4.79 Å². The van der Waals surface area contributed by atoms with E-state index in [1.807, 2.05) is 18.2 Å². The van der Waals surface area contributed by atoms with Gasteiger partial charge in [-0.05, 0) is 30.7 Å². The molecule has 2 aliphatic heterocycles. The van der Waals surface area contributed by atoms with Crippen LogP contribution in [0.4, 0.5) is 11.4 Å². The van der Waals surface area contributed by atoms with Gasteiger partial charge in [0.05, 0.1) is 24.7 Å². The number of ether oxygens (including phenoxy) is 2. The molecule has 1 fully saturated rings. The summed E-state index contributed by atoms with van der Waals surface area (Å²) in [4.78, 5) is 24.7. The molecule has 0 saturated carbocycles. The number of nitrogens with one attached hydrogen (secondary N) is 2. The lowest BCUT2D eigenvalue weighted by molar-refractivity contribution is -0.910. The molecular formula is C22H26N3O5+. The molecule has 0 radical (unpaired) electrons. The van der Waals surface area contributed by atoms with Gasteiger partial charge in [0.15, 0.2) is 18.0 Å². The normalized spacial score (nSPS) is 20.4. The molecule has 0 aliphatic carbocycles. The number of amides is 1. The lowest BCUT2D eigenvalue weighted by atomic mass is 10.0. The molecule has 1 amide bonds. The summed E-state index contributed by atoms with van der Waals surface area (Å²) in [5.41, 5.74) is 1.99. The topological polar surface area (TPSA) is 95.1 Å². The minimum absolute atomic E-state index is 0.0841. The zero-order valence-corrected chi connectivity index (χ0v) is 17.0. The summed E-state index contributed by atoms with van der Waals surface area (Å²) < 4.78 is 11.5. The summed E-state index contributed by atoms with van der Waals surface area (Å²) in [6.45, 7) is 4.17. The third-order valence-corrected chi connectivity index (χ3v) is 5.76. The second-order valence-corrected chi connectivity index (χ2v) is 7.81. The van der Waals surface area contributed by atoms with E-state index in [-0.39, 0.29) is 29.9 Å². The predicted molar refractivity (Wildman–Crippen MR) is 111 cm³/mol. The van der Waals surface area contributed by atoms with Crippen LogP contribution < -0.4 is 19.7 Å². The highest BCUT2D eigenvalue weighted by molar-refractivity contribution is 5.94. The van der Waals surface area contributed by atoms with Gasteiger partial charge in [-0.25, -0.2) is 0 Å². The number of quaternary nitrogens is 1. The number of rotatable bonds is 5. The Morgan fingerprint density at radius 1 is 1.20 bits per heavy atom. The first-order chi connectivity index (χ1) is 14.5. The van der Waals surface area contributed by atoms with Gasteiger partial charge in [-0.3, -0.25) is 14.9 Å². The Bertz CT molecular complexity index is 962. The van der Waals surface area contributed by atoms with Crippen molar-refractivity contribution >= 4 is 17.3 Å². The van der Waals surface area contributed by atoms with E-state index in [1.165, 1.54) is 6.07 Å². The number of carbonyl (C=O) groups is 1. The van der Waals surface area contributed by atoms with Crippen LogP contribution in [0.5, 0.6) is 11.5 Å². The molecule has 1 unspecified atom stereocenters. The van der Waals surface area contributed by atoms with E-state index in [2.05, 4.69) is 5.32 Å². The van der Waals surface area contributed by atoms with E-state index >= 15 is 0 Å². The summed E-state index contributed by atoms with van der Waals surface area (Å²) in [6.07, 6.45) is 2.86. The van der Waals surface area contributed by atoms with Crippen molar-refractivity contribution in [1.29, 1.82) is 0 Å². The van der Waals surface area contributed by atoms with Gasteiger partial charge < -0.3 is 19.7 Å². The molecule has 4 rings (SSSR count). The summed E-state index contributed by atoms with van der Waals surface area (Å²) in [5.74, 6) is 1.31. The smallest absolute Gasteiger partial charge is 0.293 e. The first-order valence-electron chi connectivity index (χ1n) is 10.3. The average Bonchev–Trinajstić information content (AvgIpc) is 3.04.